The lowest BCUT2D eigenvalue weighted by molar-refractivity contribution is 0.0686. The second kappa shape index (κ2) is 5.58. The second-order valence-corrected chi connectivity index (χ2v) is 5.56. The molecule has 0 unspecified atom stereocenters. The molecule has 6 heteroatoms. The normalized spacial score (nSPS) is 10.8. The molecule has 0 saturated heterocycles. The minimum Gasteiger partial charge on any atom is -0.476 e. The van der Waals surface area contributed by atoms with Gasteiger partial charge in [-0.15, -0.1) is 0 Å². The highest BCUT2D eigenvalue weighted by molar-refractivity contribution is 9.10. The van der Waals surface area contributed by atoms with Crippen molar-refractivity contribution in [2.45, 2.75) is 19.8 Å². The highest BCUT2D eigenvalue weighted by Crippen LogP contribution is 2.15. The first-order valence-corrected chi connectivity index (χ1v) is 6.82. The maximum Gasteiger partial charge on any atom is 0.360 e. The molecule has 104 valence electrons. The SMILES string of the molecule is CC(C)c1cn(-c2ccc(Br)cc2)nc(C(=O)O)c1=O. The molecule has 1 heterocycles. The zero-order chi connectivity index (χ0) is 14.9. The highest BCUT2D eigenvalue weighted by Gasteiger charge is 2.18. The van der Waals surface area contributed by atoms with Crippen molar-refractivity contribution >= 4 is 21.9 Å². The van der Waals surface area contributed by atoms with Crippen LogP contribution in [0, 0.1) is 0 Å². The van der Waals surface area contributed by atoms with Crippen LogP contribution in [0.2, 0.25) is 0 Å². The molecule has 2 rings (SSSR count). The molecule has 20 heavy (non-hydrogen) atoms. The van der Waals surface area contributed by atoms with E-state index in [0.29, 0.717) is 11.3 Å². The number of rotatable bonds is 3. The van der Waals surface area contributed by atoms with Crippen molar-refractivity contribution in [1.29, 1.82) is 0 Å². The summed E-state index contributed by atoms with van der Waals surface area (Å²) in [5.41, 5.74) is 0.137. The number of carboxylic acid groups (broad SMARTS) is 1. The van der Waals surface area contributed by atoms with E-state index in [9.17, 15) is 9.59 Å². The Morgan fingerprint density at radius 2 is 1.90 bits per heavy atom. The maximum absolute atomic E-state index is 12.0. The van der Waals surface area contributed by atoms with Gasteiger partial charge in [-0.2, -0.15) is 5.10 Å². The molecule has 0 bridgehead atoms. The summed E-state index contributed by atoms with van der Waals surface area (Å²) >= 11 is 3.33. The number of hydrogen-bond donors (Lipinski definition) is 1. The van der Waals surface area contributed by atoms with Crippen molar-refractivity contribution in [2.75, 3.05) is 0 Å². The number of aromatic carboxylic acids is 1. The van der Waals surface area contributed by atoms with Crippen LogP contribution in [0.3, 0.4) is 0 Å². The first kappa shape index (κ1) is 14.5. The first-order chi connectivity index (χ1) is 9.40. The average molecular weight is 337 g/mol. The van der Waals surface area contributed by atoms with E-state index in [4.69, 9.17) is 5.11 Å². The summed E-state index contributed by atoms with van der Waals surface area (Å²) in [5.74, 6) is -1.39. The summed E-state index contributed by atoms with van der Waals surface area (Å²) in [7, 11) is 0. The molecule has 0 atom stereocenters. The molecule has 0 aliphatic rings. The Balaban J connectivity index is 2.68. The van der Waals surface area contributed by atoms with Gasteiger partial charge < -0.3 is 5.11 Å². The molecular formula is C14H13BrN2O3. The molecule has 0 saturated carbocycles. The van der Waals surface area contributed by atoms with Crippen molar-refractivity contribution in [3.05, 3.63) is 56.4 Å². The Morgan fingerprint density at radius 3 is 2.40 bits per heavy atom. The fourth-order valence-corrected chi connectivity index (χ4v) is 2.05. The van der Waals surface area contributed by atoms with E-state index in [1.165, 1.54) is 4.68 Å². The fraction of sp³-hybridized carbons (Fsp3) is 0.214. The van der Waals surface area contributed by atoms with E-state index >= 15 is 0 Å². The van der Waals surface area contributed by atoms with Gasteiger partial charge in [0.1, 0.15) is 0 Å². The van der Waals surface area contributed by atoms with Gasteiger partial charge >= 0.3 is 5.97 Å². The molecule has 1 aromatic heterocycles. The van der Waals surface area contributed by atoms with Crippen LogP contribution in [0.25, 0.3) is 5.69 Å². The molecule has 2 aromatic rings. The predicted molar refractivity (Wildman–Crippen MR) is 78.6 cm³/mol. The lowest BCUT2D eigenvalue weighted by atomic mass is 10.0. The maximum atomic E-state index is 12.0. The van der Waals surface area contributed by atoms with Crippen molar-refractivity contribution < 1.29 is 9.90 Å². The Morgan fingerprint density at radius 1 is 1.30 bits per heavy atom. The molecule has 0 spiro atoms. The standard InChI is InChI=1S/C14H13BrN2O3/c1-8(2)11-7-17(10-5-3-9(15)4-6-10)16-12(13(11)18)14(19)20/h3-8H,1-2H3,(H,19,20). The molecule has 0 aliphatic heterocycles. The molecule has 0 fully saturated rings. The Hall–Kier alpha value is -1.95. The number of benzene rings is 1. The molecule has 0 aliphatic carbocycles. The van der Waals surface area contributed by atoms with Gasteiger partial charge in [0, 0.05) is 16.2 Å². The average Bonchev–Trinajstić information content (AvgIpc) is 2.39. The van der Waals surface area contributed by atoms with Crippen LogP contribution in [0.15, 0.2) is 39.7 Å². The van der Waals surface area contributed by atoms with E-state index < -0.39 is 17.1 Å². The third-order valence-electron chi connectivity index (χ3n) is 2.86. The van der Waals surface area contributed by atoms with Gasteiger partial charge in [-0.05, 0) is 30.2 Å². The Labute approximate surface area is 124 Å². The Bertz CT molecular complexity index is 705. The quantitative estimate of drug-likeness (QED) is 0.935. The van der Waals surface area contributed by atoms with E-state index in [1.807, 2.05) is 26.0 Å². The van der Waals surface area contributed by atoms with Crippen LogP contribution >= 0.6 is 15.9 Å². The molecule has 1 N–H and O–H groups in total. The van der Waals surface area contributed by atoms with Gasteiger partial charge in [-0.3, -0.25) is 4.79 Å². The molecule has 0 amide bonds. The summed E-state index contributed by atoms with van der Waals surface area (Å²) in [6.07, 6.45) is 1.59. The van der Waals surface area contributed by atoms with Gasteiger partial charge in [-0.1, -0.05) is 29.8 Å². The van der Waals surface area contributed by atoms with Crippen LogP contribution in [0.1, 0.15) is 35.8 Å². The smallest absolute Gasteiger partial charge is 0.360 e. The van der Waals surface area contributed by atoms with Crippen molar-refractivity contribution in [3.63, 3.8) is 0 Å². The largest absolute Gasteiger partial charge is 0.476 e. The van der Waals surface area contributed by atoms with Crippen molar-refractivity contribution in [2.24, 2.45) is 0 Å². The van der Waals surface area contributed by atoms with E-state index in [2.05, 4.69) is 21.0 Å². The van der Waals surface area contributed by atoms with E-state index in [-0.39, 0.29) is 5.92 Å². The third kappa shape index (κ3) is 2.80. The fourth-order valence-electron chi connectivity index (χ4n) is 1.79. The van der Waals surface area contributed by atoms with Crippen LogP contribution in [0.4, 0.5) is 0 Å². The Kier molecular flexibility index (Phi) is 4.04. The minimum atomic E-state index is -1.32. The van der Waals surface area contributed by atoms with Crippen molar-refractivity contribution in [1.82, 2.24) is 9.78 Å². The summed E-state index contributed by atoms with van der Waals surface area (Å²) in [6, 6.07) is 7.23. The molecule has 1 aromatic carbocycles. The van der Waals surface area contributed by atoms with Gasteiger partial charge in [0.15, 0.2) is 0 Å². The summed E-state index contributed by atoms with van der Waals surface area (Å²) < 4.78 is 2.33. The summed E-state index contributed by atoms with van der Waals surface area (Å²) in [6.45, 7) is 3.68. The van der Waals surface area contributed by atoms with Crippen LogP contribution in [-0.2, 0) is 0 Å². The number of aromatic nitrogens is 2. The van der Waals surface area contributed by atoms with E-state index in [0.717, 1.165) is 4.47 Å². The molecular weight excluding hydrogens is 324 g/mol. The van der Waals surface area contributed by atoms with E-state index in [1.54, 1.807) is 18.3 Å². The highest BCUT2D eigenvalue weighted by atomic mass is 79.9. The van der Waals surface area contributed by atoms with Crippen LogP contribution in [-0.4, -0.2) is 20.9 Å². The number of carboxylic acids is 1. The topological polar surface area (TPSA) is 72.2 Å². The third-order valence-corrected chi connectivity index (χ3v) is 3.39. The summed E-state index contributed by atoms with van der Waals surface area (Å²) in [4.78, 5) is 23.2. The zero-order valence-electron chi connectivity index (χ0n) is 11.0. The summed E-state index contributed by atoms with van der Waals surface area (Å²) in [5, 5.41) is 13.0. The van der Waals surface area contributed by atoms with Gasteiger partial charge in [0.05, 0.1) is 5.69 Å². The van der Waals surface area contributed by atoms with Gasteiger partial charge in [0.2, 0.25) is 11.1 Å². The number of nitrogens with zero attached hydrogens (tertiary/aromatic N) is 2. The van der Waals surface area contributed by atoms with Crippen LogP contribution in [0.5, 0.6) is 0 Å². The number of hydrogen-bond acceptors (Lipinski definition) is 3. The van der Waals surface area contributed by atoms with Gasteiger partial charge in [0.25, 0.3) is 0 Å². The lowest BCUT2D eigenvalue weighted by Gasteiger charge is -2.11. The minimum absolute atomic E-state index is 0.0784. The lowest BCUT2D eigenvalue weighted by Crippen LogP contribution is -2.25. The second-order valence-electron chi connectivity index (χ2n) is 4.64. The zero-order valence-corrected chi connectivity index (χ0v) is 12.6. The van der Waals surface area contributed by atoms with Crippen molar-refractivity contribution in [3.8, 4) is 5.69 Å². The molecule has 0 radical (unpaired) electrons. The predicted octanol–water partition coefficient (Wildman–Crippen LogP) is 2.82. The first-order valence-electron chi connectivity index (χ1n) is 6.03. The number of carbonyl (C=O) groups is 1. The molecule has 5 nitrogen and oxygen atoms in total. The monoisotopic (exact) mass is 336 g/mol. The van der Waals surface area contributed by atoms with Crippen LogP contribution < -0.4 is 5.43 Å². The number of halogens is 1. The van der Waals surface area contributed by atoms with Gasteiger partial charge in [-0.25, -0.2) is 9.48 Å².